The topological polar surface area (TPSA) is 83.9 Å². The molecule has 3 aromatic rings. The second kappa shape index (κ2) is 11.1. The van der Waals surface area contributed by atoms with Crippen molar-refractivity contribution in [3.63, 3.8) is 0 Å². The quantitative estimate of drug-likeness (QED) is 0.230. The minimum absolute atomic E-state index is 0.0327. The maximum atomic E-state index is 14.4. The molecule has 1 aliphatic heterocycles. The maximum Gasteiger partial charge on any atom is 0.416 e. The van der Waals surface area contributed by atoms with Gasteiger partial charge in [0, 0.05) is 12.0 Å². The van der Waals surface area contributed by atoms with Gasteiger partial charge in [-0.05, 0) is 73.4 Å². The zero-order valence-corrected chi connectivity index (χ0v) is 22.9. The molecule has 0 saturated heterocycles. The van der Waals surface area contributed by atoms with Crippen molar-refractivity contribution in [2.45, 2.75) is 43.9 Å². The number of aryl methyl sites for hydroxylation is 1. The first kappa shape index (κ1) is 29.4. The molecule has 0 aliphatic carbocycles. The molecule has 3 aromatic carbocycles. The molecule has 1 aliphatic rings. The van der Waals surface area contributed by atoms with Gasteiger partial charge in [0.05, 0.1) is 27.7 Å². The fourth-order valence-electron chi connectivity index (χ4n) is 4.47. The minimum Gasteiger partial charge on any atom is -0.486 e. The molecule has 0 bridgehead atoms. The molecule has 12 heteroatoms. The highest BCUT2D eigenvalue weighted by Crippen LogP contribution is 2.41. The third-order valence-corrected chi connectivity index (χ3v) is 8.53. The van der Waals surface area contributed by atoms with Gasteiger partial charge in [0.2, 0.25) is 0 Å². The second-order valence-electron chi connectivity index (χ2n) is 9.33. The summed E-state index contributed by atoms with van der Waals surface area (Å²) in [6.07, 6.45) is -4.40. The molecule has 0 spiro atoms. The zero-order chi connectivity index (χ0) is 29.4. The normalized spacial score (nSPS) is 15.9. The van der Waals surface area contributed by atoms with Gasteiger partial charge >= 0.3 is 12.1 Å². The van der Waals surface area contributed by atoms with E-state index in [0.29, 0.717) is 17.2 Å². The zero-order valence-electron chi connectivity index (χ0n) is 21.3. The number of halogens is 5. The van der Waals surface area contributed by atoms with Gasteiger partial charge in [0.15, 0.2) is 0 Å². The Morgan fingerprint density at radius 1 is 1.18 bits per heavy atom. The number of nitrogens with zero attached hydrogens (tertiary/aromatic N) is 1. The van der Waals surface area contributed by atoms with Crippen LogP contribution in [-0.2, 0) is 21.0 Å². The number of hydrogen-bond acceptors (Lipinski definition) is 4. The Hall–Kier alpha value is -3.57. The number of ether oxygens (including phenoxy) is 1. The van der Waals surface area contributed by atoms with E-state index < -0.39 is 44.5 Å². The number of anilines is 1. The number of allylic oxidation sites excluding steroid dienone is 1. The lowest BCUT2D eigenvalue weighted by Crippen LogP contribution is -2.43. The lowest BCUT2D eigenvalue weighted by atomic mass is 10.0. The van der Waals surface area contributed by atoms with E-state index in [-0.39, 0.29) is 47.0 Å². The third kappa shape index (κ3) is 6.10. The highest BCUT2D eigenvalue weighted by Gasteiger charge is 2.38. The number of benzene rings is 3. The van der Waals surface area contributed by atoms with E-state index in [2.05, 4.69) is 0 Å². The first-order valence-electron chi connectivity index (χ1n) is 12.0. The highest BCUT2D eigenvalue weighted by molar-refractivity contribution is 7.92. The predicted octanol–water partition coefficient (Wildman–Crippen LogP) is 7.19. The van der Waals surface area contributed by atoms with Crippen molar-refractivity contribution in [1.82, 2.24) is 0 Å². The summed E-state index contributed by atoms with van der Waals surface area (Å²) in [6.45, 7) is 2.53. The number of alkyl halides is 3. The molecule has 0 unspecified atom stereocenters. The van der Waals surface area contributed by atoms with Crippen LogP contribution in [0.25, 0.3) is 11.6 Å². The van der Waals surface area contributed by atoms with Crippen LogP contribution in [0.4, 0.5) is 23.2 Å². The maximum absolute atomic E-state index is 14.4. The smallest absolute Gasteiger partial charge is 0.416 e. The summed E-state index contributed by atoms with van der Waals surface area (Å²) >= 11 is 6.17. The minimum atomic E-state index is -4.77. The number of aliphatic carboxylic acids is 1. The molecule has 212 valence electrons. The van der Waals surface area contributed by atoms with E-state index in [9.17, 15) is 30.8 Å². The van der Waals surface area contributed by atoms with Crippen LogP contribution in [0.3, 0.4) is 0 Å². The van der Waals surface area contributed by atoms with E-state index >= 15 is 0 Å². The van der Waals surface area contributed by atoms with E-state index in [4.69, 9.17) is 21.4 Å². The summed E-state index contributed by atoms with van der Waals surface area (Å²) < 4.78 is 89.5. The van der Waals surface area contributed by atoms with Gasteiger partial charge in [-0.2, -0.15) is 13.2 Å². The molecule has 40 heavy (non-hydrogen) atoms. The molecule has 1 heterocycles. The Morgan fingerprint density at radius 3 is 2.55 bits per heavy atom. The number of carbonyl (C=O) groups is 1. The fraction of sp³-hybridized carbons (Fsp3) is 0.250. The van der Waals surface area contributed by atoms with Crippen molar-refractivity contribution in [2.75, 3.05) is 10.8 Å². The van der Waals surface area contributed by atoms with Crippen molar-refractivity contribution in [3.05, 3.63) is 87.7 Å². The molecule has 0 aromatic heterocycles. The summed E-state index contributed by atoms with van der Waals surface area (Å²) in [7, 11) is -4.55. The Morgan fingerprint density at radius 2 is 1.90 bits per heavy atom. The van der Waals surface area contributed by atoms with Crippen LogP contribution in [0.5, 0.6) is 5.75 Å². The van der Waals surface area contributed by atoms with Crippen LogP contribution >= 0.6 is 11.6 Å². The van der Waals surface area contributed by atoms with Gasteiger partial charge in [-0.3, -0.25) is 9.10 Å². The van der Waals surface area contributed by atoms with Gasteiger partial charge in [0.25, 0.3) is 10.0 Å². The van der Waals surface area contributed by atoms with E-state index in [1.807, 2.05) is 0 Å². The van der Waals surface area contributed by atoms with Crippen molar-refractivity contribution >= 4 is 44.9 Å². The average Bonchev–Trinajstić information content (AvgIpc) is 2.86. The van der Waals surface area contributed by atoms with Gasteiger partial charge in [0.1, 0.15) is 17.7 Å². The summed E-state index contributed by atoms with van der Waals surface area (Å²) in [5.74, 6) is -1.56. The van der Waals surface area contributed by atoms with Crippen molar-refractivity contribution in [2.24, 2.45) is 0 Å². The Kier molecular flexibility index (Phi) is 8.18. The molecule has 6 nitrogen and oxygen atoms in total. The summed E-state index contributed by atoms with van der Waals surface area (Å²) in [4.78, 5) is 10.5. The monoisotopic (exact) mass is 597 g/mol. The number of rotatable bonds is 7. The SMILES string of the molecule is C/C(=C\c1ccc2c(c1)N(S(=O)(=O)c1ccc(C)c(C(F)(F)F)c1)C[C@H](CCC(=O)O)O2)c1c(F)cccc1Cl. The molecule has 0 amide bonds. The first-order valence-corrected chi connectivity index (χ1v) is 13.9. The van der Waals surface area contributed by atoms with Gasteiger partial charge in [-0.25, -0.2) is 12.8 Å². The summed E-state index contributed by atoms with van der Waals surface area (Å²) in [5, 5.41) is 9.27. The van der Waals surface area contributed by atoms with E-state index in [0.717, 1.165) is 16.4 Å². The second-order valence-corrected chi connectivity index (χ2v) is 11.6. The fourth-order valence-corrected chi connectivity index (χ4v) is 6.31. The molecule has 0 radical (unpaired) electrons. The number of carboxylic acids is 1. The Bertz CT molecular complexity index is 1580. The third-order valence-electron chi connectivity index (χ3n) is 6.44. The Labute approximate surface area is 233 Å². The van der Waals surface area contributed by atoms with Crippen molar-refractivity contribution in [3.8, 4) is 5.75 Å². The van der Waals surface area contributed by atoms with Crippen LogP contribution in [0.2, 0.25) is 5.02 Å². The van der Waals surface area contributed by atoms with E-state index in [1.54, 1.807) is 19.1 Å². The van der Waals surface area contributed by atoms with Crippen molar-refractivity contribution in [1.29, 1.82) is 0 Å². The lowest BCUT2D eigenvalue weighted by molar-refractivity contribution is -0.138. The Balaban J connectivity index is 1.82. The molecular formula is C28H24ClF4NO5S. The highest BCUT2D eigenvalue weighted by atomic mass is 35.5. The molecule has 1 atom stereocenters. The van der Waals surface area contributed by atoms with Crippen LogP contribution in [-0.4, -0.2) is 32.1 Å². The molecule has 1 N–H and O–H groups in total. The van der Waals surface area contributed by atoms with Crippen LogP contribution in [0, 0.1) is 12.7 Å². The molecule has 0 saturated carbocycles. The molecule has 0 fully saturated rings. The lowest BCUT2D eigenvalue weighted by Gasteiger charge is -2.35. The molecule has 4 rings (SSSR count). The number of hydrogen-bond donors (Lipinski definition) is 1. The predicted molar refractivity (Wildman–Crippen MR) is 143 cm³/mol. The number of fused-ring (bicyclic) bond motifs is 1. The van der Waals surface area contributed by atoms with Crippen LogP contribution < -0.4 is 9.04 Å². The van der Waals surface area contributed by atoms with Gasteiger partial charge < -0.3 is 9.84 Å². The standard InChI is InChI=1S/C28H24ClF4NO5S/c1-16-6-9-20(14-21(16)28(31,32)33)40(37,38)34-15-19(8-11-26(35)36)39-25-10-7-18(13-24(25)34)12-17(2)27-22(29)4-3-5-23(27)30/h3-7,9-10,12-14,19H,8,11,15H2,1-2H3,(H,35,36)/b17-12+/t19-/m0/s1. The molecular weight excluding hydrogens is 574 g/mol. The van der Waals surface area contributed by atoms with Crippen LogP contribution in [0.1, 0.15) is 42.0 Å². The number of sulfonamides is 1. The number of carboxylic acid groups (broad SMARTS) is 1. The average molecular weight is 598 g/mol. The summed E-state index contributed by atoms with van der Waals surface area (Å²) in [6, 6.07) is 11.5. The first-order chi connectivity index (χ1) is 18.7. The van der Waals surface area contributed by atoms with Crippen molar-refractivity contribution < 1.29 is 40.6 Å². The summed E-state index contributed by atoms with van der Waals surface area (Å²) in [5.41, 5.74) is -0.121. The van der Waals surface area contributed by atoms with Gasteiger partial charge in [-0.15, -0.1) is 0 Å². The van der Waals surface area contributed by atoms with E-state index in [1.165, 1.54) is 37.3 Å². The van der Waals surface area contributed by atoms with Gasteiger partial charge in [-0.1, -0.05) is 35.9 Å². The largest absolute Gasteiger partial charge is 0.486 e. The van der Waals surface area contributed by atoms with Crippen LogP contribution in [0.15, 0.2) is 59.5 Å².